The summed E-state index contributed by atoms with van der Waals surface area (Å²) in [4.78, 5) is 24.9. The van der Waals surface area contributed by atoms with Crippen molar-refractivity contribution in [2.45, 2.75) is 6.54 Å². The van der Waals surface area contributed by atoms with E-state index in [1.165, 1.54) is 0 Å². The summed E-state index contributed by atoms with van der Waals surface area (Å²) in [5.74, 6) is -0.962. The fourth-order valence-corrected chi connectivity index (χ4v) is 1.40. The lowest BCUT2D eigenvalue weighted by Gasteiger charge is -2.03. The highest BCUT2D eigenvalue weighted by atomic mass is 32.1. The van der Waals surface area contributed by atoms with E-state index in [-0.39, 0.29) is 20.0 Å². The second-order valence-electron chi connectivity index (χ2n) is 3.32. The SMILES string of the molecule is O=c1[nH]cc(F)c(=O)n1Cc1ccccc1.S. The van der Waals surface area contributed by atoms with E-state index in [0.717, 1.165) is 16.3 Å². The molecule has 0 aliphatic carbocycles. The zero-order chi connectivity index (χ0) is 11.5. The van der Waals surface area contributed by atoms with Gasteiger partial charge in [-0.05, 0) is 5.56 Å². The second kappa shape index (κ2) is 5.49. The van der Waals surface area contributed by atoms with Crippen molar-refractivity contribution in [3.8, 4) is 0 Å². The number of rotatable bonds is 2. The Kier molecular flexibility index (Phi) is 4.28. The fraction of sp³-hybridized carbons (Fsp3) is 0.0909. The van der Waals surface area contributed by atoms with E-state index in [4.69, 9.17) is 0 Å². The molecule has 0 atom stereocenters. The highest BCUT2D eigenvalue weighted by Crippen LogP contribution is 1.98. The summed E-state index contributed by atoms with van der Waals surface area (Å²) in [5.41, 5.74) is -0.761. The molecule has 1 aromatic carbocycles. The zero-order valence-electron chi connectivity index (χ0n) is 8.81. The summed E-state index contributed by atoms with van der Waals surface area (Å²) in [5, 5.41) is 0. The van der Waals surface area contributed by atoms with Crippen LogP contribution in [-0.4, -0.2) is 9.55 Å². The summed E-state index contributed by atoms with van der Waals surface area (Å²) in [6.45, 7) is 0.0623. The molecule has 0 spiro atoms. The van der Waals surface area contributed by atoms with Gasteiger partial charge in [-0.3, -0.25) is 9.36 Å². The third kappa shape index (κ3) is 2.85. The quantitative estimate of drug-likeness (QED) is 0.863. The molecule has 2 rings (SSSR count). The van der Waals surface area contributed by atoms with Gasteiger partial charge >= 0.3 is 5.69 Å². The van der Waals surface area contributed by atoms with Crippen LogP contribution >= 0.6 is 13.5 Å². The molecule has 1 N–H and O–H groups in total. The Labute approximate surface area is 103 Å². The third-order valence-electron chi connectivity index (χ3n) is 2.20. The van der Waals surface area contributed by atoms with Crippen molar-refractivity contribution in [1.82, 2.24) is 9.55 Å². The van der Waals surface area contributed by atoms with Gasteiger partial charge in [0.15, 0.2) is 0 Å². The number of aromatic nitrogens is 2. The predicted octanol–water partition coefficient (Wildman–Crippen LogP) is 0.837. The van der Waals surface area contributed by atoms with Crippen molar-refractivity contribution >= 4 is 13.5 Å². The fourth-order valence-electron chi connectivity index (χ4n) is 1.40. The molecule has 1 aromatic heterocycles. The molecule has 17 heavy (non-hydrogen) atoms. The van der Waals surface area contributed by atoms with E-state index in [1.54, 1.807) is 24.3 Å². The summed E-state index contributed by atoms with van der Waals surface area (Å²) >= 11 is 0. The van der Waals surface area contributed by atoms with Crippen LogP contribution in [0.25, 0.3) is 0 Å². The van der Waals surface area contributed by atoms with Gasteiger partial charge in [-0.1, -0.05) is 30.3 Å². The highest BCUT2D eigenvalue weighted by molar-refractivity contribution is 7.59. The molecule has 0 bridgehead atoms. The molecule has 0 radical (unpaired) electrons. The first-order valence-corrected chi connectivity index (χ1v) is 4.70. The molecule has 0 amide bonds. The molecule has 0 unspecified atom stereocenters. The summed E-state index contributed by atoms with van der Waals surface area (Å²) in [7, 11) is 0. The maximum atomic E-state index is 13.0. The van der Waals surface area contributed by atoms with Crippen LogP contribution in [0.4, 0.5) is 4.39 Å². The average molecular weight is 254 g/mol. The number of hydrogen-bond donors (Lipinski definition) is 1. The smallest absolute Gasteiger partial charge is 0.311 e. The van der Waals surface area contributed by atoms with E-state index >= 15 is 0 Å². The first-order chi connectivity index (χ1) is 7.68. The number of halogens is 1. The van der Waals surface area contributed by atoms with E-state index in [0.29, 0.717) is 0 Å². The van der Waals surface area contributed by atoms with E-state index in [9.17, 15) is 14.0 Å². The molecular formula is C11H11FN2O2S. The highest BCUT2D eigenvalue weighted by Gasteiger charge is 2.06. The van der Waals surface area contributed by atoms with E-state index < -0.39 is 17.1 Å². The monoisotopic (exact) mass is 254 g/mol. The lowest BCUT2D eigenvalue weighted by Crippen LogP contribution is -2.36. The average Bonchev–Trinajstić information content (AvgIpc) is 2.31. The van der Waals surface area contributed by atoms with Gasteiger partial charge in [-0.25, -0.2) is 4.79 Å². The van der Waals surface area contributed by atoms with Crippen molar-refractivity contribution < 1.29 is 4.39 Å². The minimum atomic E-state index is -0.962. The van der Waals surface area contributed by atoms with Crippen molar-refractivity contribution in [1.29, 1.82) is 0 Å². The van der Waals surface area contributed by atoms with Crippen LogP contribution in [-0.2, 0) is 6.54 Å². The zero-order valence-corrected chi connectivity index (χ0v) is 9.81. The number of nitrogens with zero attached hydrogens (tertiary/aromatic N) is 1. The van der Waals surface area contributed by atoms with Gasteiger partial charge in [0.25, 0.3) is 5.56 Å². The number of hydrogen-bond acceptors (Lipinski definition) is 2. The minimum Gasteiger partial charge on any atom is -0.311 e. The molecular weight excluding hydrogens is 243 g/mol. The van der Waals surface area contributed by atoms with E-state index in [2.05, 4.69) is 4.98 Å². The normalized spacial score (nSPS) is 9.71. The number of nitrogens with one attached hydrogen (secondary N) is 1. The molecule has 1 heterocycles. The Morgan fingerprint density at radius 1 is 1.18 bits per heavy atom. The molecule has 0 fully saturated rings. The van der Waals surface area contributed by atoms with Gasteiger partial charge < -0.3 is 4.98 Å². The largest absolute Gasteiger partial charge is 0.328 e. The Morgan fingerprint density at radius 2 is 1.82 bits per heavy atom. The minimum absolute atomic E-state index is 0. The van der Waals surface area contributed by atoms with Crippen LogP contribution < -0.4 is 11.2 Å². The Hall–Kier alpha value is -1.82. The van der Waals surface area contributed by atoms with Gasteiger partial charge in [0, 0.05) is 6.20 Å². The van der Waals surface area contributed by atoms with Crippen molar-refractivity contribution in [3.63, 3.8) is 0 Å². The Balaban J connectivity index is 0.00000144. The summed E-state index contributed by atoms with van der Waals surface area (Å²) in [6, 6.07) is 8.91. The second-order valence-corrected chi connectivity index (χ2v) is 3.32. The van der Waals surface area contributed by atoms with Crippen LogP contribution in [0.15, 0.2) is 46.1 Å². The van der Waals surface area contributed by atoms with Gasteiger partial charge in [0.2, 0.25) is 5.82 Å². The lowest BCUT2D eigenvalue weighted by molar-refractivity contribution is 0.557. The van der Waals surface area contributed by atoms with Crippen molar-refractivity contribution in [2.75, 3.05) is 0 Å². The van der Waals surface area contributed by atoms with Crippen molar-refractivity contribution in [2.24, 2.45) is 0 Å². The third-order valence-corrected chi connectivity index (χ3v) is 2.20. The van der Waals surface area contributed by atoms with Crippen LogP contribution in [0.1, 0.15) is 5.56 Å². The standard InChI is InChI=1S/C11H9FN2O2.H2S/c12-9-6-13-11(16)14(10(9)15)7-8-4-2-1-3-5-8;/h1-6H,7H2,(H,13,16);1H2. The van der Waals surface area contributed by atoms with Gasteiger partial charge in [0.05, 0.1) is 6.54 Å². The first-order valence-electron chi connectivity index (χ1n) is 4.70. The molecule has 90 valence electrons. The molecule has 2 aromatic rings. The van der Waals surface area contributed by atoms with Gasteiger partial charge in [-0.2, -0.15) is 17.9 Å². The molecule has 6 heteroatoms. The first kappa shape index (κ1) is 13.2. The molecule has 0 aliphatic heterocycles. The molecule has 0 aliphatic rings. The molecule has 4 nitrogen and oxygen atoms in total. The Morgan fingerprint density at radius 3 is 2.47 bits per heavy atom. The number of H-pyrrole nitrogens is 1. The number of aromatic amines is 1. The van der Waals surface area contributed by atoms with Crippen LogP contribution in [0, 0.1) is 5.82 Å². The van der Waals surface area contributed by atoms with Crippen LogP contribution in [0.3, 0.4) is 0 Å². The molecule has 0 saturated carbocycles. The van der Waals surface area contributed by atoms with E-state index in [1.807, 2.05) is 6.07 Å². The van der Waals surface area contributed by atoms with Crippen molar-refractivity contribution in [3.05, 3.63) is 68.7 Å². The van der Waals surface area contributed by atoms with Gasteiger partial charge in [0.1, 0.15) is 0 Å². The molecule has 0 saturated heterocycles. The van der Waals surface area contributed by atoms with Crippen LogP contribution in [0.5, 0.6) is 0 Å². The Bertz CT molecular complexity index is 607. The van der Waals surface area contributed by atoms with Gasteiger partial charge in [-0.15, -0.1) is 0 Å². The topological polar surface area (TPSA) is 54.9 Å². The summed E-state index contributed by atoms with van der Waals surface area (Å²) in [6.07, 6.45) is 0.770. The number of benzene rings is 1. The summed E-state index contributed by atoms with van der Waals surface area (Å²) < 4.78 is 13.8. The predicted molar refractivity (Wildman–Crippen MR) is 67.2 cm³/mol. The van der Waals surface area contributed by atoms with Crippen LogP contribution in [0.2, 0.25) is 0 Å². The lowest BCUT2D eigenvalue weighted by atomic mass is 10.2. The maximum absolute atomic E-state index is 13.0. The maximum Gasteiger partial charge on any atom is 0.328 e.